The highest BCUT2D eigenvalue weighted by atomic mass is 19.4. The largest absolute Gasteiger partial charge is 0.491 e. The minimum atomic E-state index is -4.47. The molecule has 0 radical (unpaired) electrons. The van der Waals surface area contributed by atoms with E-state index in [4.69, 9.17) is 21.1 Å². The standard InChI is InChI=1S/C17H16F3N7O/c1-26(9-17(18,19)20)15(25-16(22)23)12-8-27-4-5-28-13-3-2-10(7-21)6-11(13)14(27)24-12/h2-3,6,8H,4-5,9H2,1H3,(H3,22,23)/b25-15-. The van der Waals surface area contributed by atoms with Crippen molar-refractivity contribution in [1.82, 2.24) is 14.5 Å². The van der Waals surface area contributed by atoms with Crippen molar-refractivity contribution in [2.24, 2.45) is 10.7 Å². The monoisotopic (exact) mass is 391 g/mol. The second-order valence-electron chi connectivity index (χ2n) is 6.11. The van der Waals surface area contributed by atoms with Crippen molar-refractivity contribution < 1.29 is 17.9 Å². The van der Waals surface area contributed by atoms with Crippen molar-refractivity contribution in [3.63, 3.8) is 0 Å². The quantitative estimate of drug-likeness (QED) is 0.600. The van der Waals surface area contributed by atoms with Crippen molar-refractivity contribution in [2.45, 2.75) is 12.7 Å². The van der Waals surface area contributed by atoms with E-state index >= 15 is 0 Å². The van der Waals surface area contributed by atoms with E-state index in [2.05, 4.69) is 9.98 Å². The third-order valence-electron chi connectivity index (χ3n) is 3.95. The molecule has 2 aromatic rings. The summed E-state index contributed by atoms with van der Waals surface area (Å²) in [4.78, 5) is 8.99. The molecule has 11 heteroatoms. The molecule has 0 fully saturated rings. The average molecular weight is 391 g/mol. The van der Waals surface area contributed by atoms with Crippen LogP contribution in [0.5, 0.6) is 5.75 Å². The Morgan fingerprint density at radius 3 is 2.89 bits per heavy atom. The lowest BCUT2D eigenvalue weighted by molar-refractivity contribution is -0.135. The van der Waals surface area contributed by atoms with E-state index in [1.54, 1.807) is 22.8 Å². The molecule has 0 atom stereocenters. The molecule has 1 aromatic carbocycles. The number of hydrogen-bond acceptors (Lipinski definition) is 4. The molecule has 0 saturated carbocycles. The zero-order valence-corrected chi connectivity index (χ0v) is 14.8. The minimum absolute atomic E-state index is 0.132. The third kappa shape index (κ3) is 4.06. The summed E-state index contributed by atoms with van der Waals surface area (Å²) in [6.45, 7) is -0.561. The third-order valence-corrected chi connectivity index (χ3v) is 3.95. The van der Waals surface area contributed by atoms with Gasteiger partial charge in [-0.15, -0.1) is 0 Å². The van der Waals surface area contributed by atoms with Crippen LogP contribution in [-0.4, -0.2) is 52.6 Å². The van der Waals surface area contributed by atoms with Gasteiger partial charge in [0, 0.05) is 13.2 Å². The summed E-state index contributed by atoms with van der Waals surface area (Å²) in [7, 11) is 1.20. The Labute approximate surface area is 158 Å². The zero-order valence-electron chi connectivity index (χ0n) is 14.8. The molecule has 1 aliphatic heterocycles. The van der Waals surface area contributed by atoms with Crippen LogP contribution in [0.1, 0.15) is 11.3 Å². The first-order valence-corrected chi connectivity index (χ1v) is 8.13. The average Bonchev–Trinajstić information content (AvgIpc) is 2.94. The Bertz CT molecular complexity index is 988. The SMILES string of the molecule is CN(CC(F)(F)F)/C(=N\C(=N)N)c1cn2c(n1)-c1cc(C#N)ccc1OCC2. The van der Waals surface area contributed by atoms with E-state index < -0.39 is 18.7 Å². The highest BCUT2D eigenvalue weighted by Crippen LogP contribution is 2.33. The maximum absolute atomic E-state index is 12.8. The molecule has 3 rings (SSSR count). The van der Waals surface area contributed by atoms with E-state index in [9.17, 15) is 13.2 Å². The molecular weight excluding hydrogens is 375 g/mol. The number of amidine groups is 1. The number of ether oxygens (including phenoxy) is 1. The van der Waals surface area contributed by atoms with E-state index in [1.165, 1.54) is 13.2 Å². The Morgan fingerprint density at radius 2 is 2.25 bits per heavy atom. The summed E-state index contributed by atoms with van der Waals surface area (Å²) >= 11 is 0. The van der Waals surface area contributed by atoms with Crippen LogP contribution in [0.15, 0.2) is 29.4 Å². The van der Waals surface area contributed by atoms with Crippen LogP contribution in [0.25, 0.3) is 11.4 Å². The van der Waals surface area contributed by atoms with E-state index in [0.717, 1.165) is 4.90 Å². The molecule has 0 saturated heterocycles. The van der Waals surface area contributed by atoms with Gasteiger partial charge < -0.3 is 19.9 Å². The number of nitrogens with two attached hydrogens (primary N) is 1. The number of aliphatic imine (C=N–C) groups is 1. The summed E-state index contributed by atoms with van der Waals surface area (Å²) in [6.07, 6.45) is -2.94. The number of nitrogens with one attached hydrogen (secondary N) is 1. The maximum atomic E-state index is 12.8. The molecule has 0 amide bonds. The molecule has 146 valence electrons. The second-order valence-corrected chi connectivity index (χ2v) is 6.11. The Kier molecular flexibility index (Phi) is 4.96. The van der Waals surface area contributed by atoms with Crippen molar-refractivity contribution in [2.75, 3.05) is 20.2 Å². The van der Waals surface area contributed by atoms with Gasteiger partial charge in [0.2, 0.25) is 5.96 Å². The van der Waals surface area contributed by atoms with Gasteiger partial charge in [0.25, 0.3) is 0 Å². The number of fused-ring (bicyclic) bond motifs is 3. The number of halogens is 3. The van der Waals surface area contributed by atoms with E-state index in [1.807, 2.05) is 6.07 Å². The molecule has 1 aromatic heterocycles. The number of nitriles is 1. The Balaban J connectivity index is 2.09. The van der Waals surface area contributed by atoms with E-state index in [0.29, 0.717) is 35.9 Å². The van der Waals surface area contributed by atoms with Gasteiger partial charge in [-0.1, -0.05) is 0 Å². The fraction of sp³-hybridized carbons (Fsp3) is 0.294. The van der Waals surface area contributed by atoms with Gasteiger partial charge in [-0.2, -0.15) is 23.4 Å². The van der Waals surface area contributed by atoms with Crippen LogP contribution in [0, 0.1) is 16.7 Å². The predicted molar refractivity (Wildman–Crippen MR) is 95.0 cm³/mol. The van der Waals surface area contributed by atoms with Gasteiger partial charge in [0.1, 0.15) is 30.4 Å². The van der Waals surface area contributed by atoms with Crippen LogP contribution in [0.4, 0.5) is 13.2 Å². The van der Waals surface area contributed by atoms with Crippen LogP contribution in [0.2, 0.25) is 0 Å². The van der Waals surface area contributed by atoms with Crippen molar-refractivity contribution in [3.8, 4) is 23.2 Å². The Morgan fingerprint density at radius 1 is 1.50 bits per heavy atom. The number of alkyl halides is 3. The fourth-order valence-corrected chi connectivity index (χ4v) is 2.86. The summed E-state index contributed by atoms with van der Waals surface area (Å²) in [5.41, 5.74) is 6.36. The number of hydrogen-bond donors (Lipinski definition) is 2. The van der Waals surface area contributed by atoms with Crippen molar-refractivity contribution >= 4 is 11.8 Å². The number of rotatable bonds is 2. The molecule has 8 nitrogen and oxygen atoms in total. The molecule has 0 aliphatic carbocycles. The van der Waals surface area contributed by atoms with Gasteiger partial charge in [-0.3, -0.25) is 5.41 Å². The summed E-state index contributed by atoms with van der Waals surface area (Å²) < 4.78 is 45.8. The maximum Gasteiger partial charge on any atom is 0.405 e. The first kappa shape index (κ1) is 19.2. The normalized spacial score (nSPS) is 13.6. The molecular formula is C17H16F3N7O. The molecule has 3 N–H and O–H groups in total. The van der Waals surface area contributed by atoms with Gasteiger partial charge in [0.05, 0.1) is 23.7 Å². The lowest BCUT2D eigenvalue weighted by Crippen LogP contribution is -2.37. The van der Waals surface area contributed by atoms with Gasteiger partial charge in [0.15, 0.2) is 5.84 Å². The number of aromatic nitrogens is 2. The summed E-state index contributed by atoms with van der Waals surface area (Å²) in [5, 5.41) is 16.5. The first-order chi connectivity index (χ1) is 13.2. The number of nitrogens with zero attached hydrogens (tertiary/aromatic N) is 5. The number of guanidine groups is 1. The lowest BCUT2D eigenvalue weighted by Gasteiger charge is -2.21. The van der Waals surface area contributed by atoms with Gasteiger partial charge in [-0.05, 0) is 18.2 Å². The minimum Gasteiger partial charge on any atom is -0.491 e. The molecule has 0 spiro atoms. The zero-order chi connectivity index (χ0) is 20.5. The predicted octanol–water partition coefficient (Wildman–Crippen LogP) is 1.95. The lowest BCUT2D eigenvalue weighted by atomic mass is 10.1. The van der Waals surface area contributed by atoms with E-state index in [-0.39, 0.29) is 11.5 Å². The molecule has 0 unspecified atom stereocenters. The van der Waals surface area contributed by atoms with Gasteiger partial charge in [-0.25, -0.2) is 4.98 Å². The Hall–Kier alpha value is -3.55. The highest BCUT2D eigenvalue weighted by molar-refractivity contribution is 6.03. The number of benzene rings is 1. The number of imidazole rings is 1. The molecule has 0 bridgehead atoms. The first-order valence-electron chi connectivity index (χ1n) is 8.13. The molecule has 2 heterocycles. The summed E-state index contributed by atoms with van der Waals surface area (Å²) in [5.74, 6) is 0.131. The molecule has 28 heavy (non-hydrogen) atoms. The van der Waals surface area contributed by atoms with Crippen LogP contribution < -0.4 is 10.5 Å². The van der Waals surface area contributed by atoms with Crippen molar-refractivity contribution in [3.05, 3.63) is 35.7 Å². The smallest absolute Gasteiger partial charge is 0.405 e. The fourth-order valence-electron chi connectivity index (χ4n) is 2.86. The van der Waals surface area contributed by atoms with Crippen LogP contribution >= 0.6 is 0 Å². The van der Waals surface area contributed by atoms with Crippen molar-refractivity contribution in [1.29, 1.82) is 10.7 Å². The second kappa shape index (κ2) is 7.22. The highest BCUT2D eigenvalue weighted by Gasteiger charge is 2.32. The topological polar surface area (TPSA) is 116 Å². The van der Waals surface area contributed by atoms with Gasteiger partial charge >= 0.3 is 6.18 Å². The summed E-state index contributed by atoms with van der Waals surface area (Å²) in [6, 6.07) is 6.90. The molecule has 1 aliphatic rings. The van der Waals surface area contributed by atoms with Crippen LogP contribution in [0.3, 0.4) is 0 Å². The van der Waals surface area contributed by atoms with Crippen LogP contribution in [-0.2, 0) is 6.54 Å².